The van der Waals surface area contributed by atoms with Crippen LogP contribution in [0.25, 0.3) is 0 Å². The van der Waals surface area contributed by atoms with Crippen molar-refractivity contribution >= 4 is 5.91 Å². The topological polar surface area (TPSA) is 64.4 Å². The van der Waals surface area contributed by atoms with Gasteiger partial charge in [-0.05, 0) is 25.3 Å². The van der Waals surface area contributed by atoms with E-state index in [9.17, 15) is 13.6 Å². The van der Waals surface area contributed by atoms with Crippen LogP contribution in [0.4, 0.5) is 8.78 Å². The molecule has 0 saturated heterocycles. The quantitative estimate of drug-likeness (QED) is 0.656. The lowest BCUT2D eigenvalue weighted by Crippen LogP contribution is -2.36. The zero-order chi connectivity index (χ0) is 12.7. The Morgan fingerprint density at radius 1 is 1.47 bits per heavy atom. The highest BCUT2D eigenvalue weighted by Gasteiger charge is 2.31. The van der Waals surface area contributed by atoms with Crippen LogP contribution < -0.4 is 11.1 Å². The summed E-state index contributed by atoms with van der Waals surface area (Å²) in [7, 11) is 0. The summed E-state index contributed by atoms with van der Waals surface area (Å²) in [5.74, 6) is 0.214. The Balaban J connectivity index is 2.12. The Hall–Kier alpha value is -0.750. The second-order valence-corrected chi connectivity index (χ2v) is 4.29. The van der Waals surface area contributed by atoms with Gasteiger partial charge in [-0.3, -0.25) is 4.79 Å². The van der Waals surface area contributed by atoms with Crippen molar-refractivity contribution in [1.82, 2.24) is 5.32 Å². The number of amides is 1. The molecular weight excluding hydrogens is 230 g/mol. The molecule has 1 amide bonds. The first-order chi connectivity index (χ1) is 8.15. The standard InChI is InChI=1S/C11H20F2N2O2/c12-10(13)7-17-5-4-15-11(16)9-3-1-2-8(9)6-14/h8-10H,1-7,14H2,(H,15,16). The maximum atomic E-state index is 11.7. The molecule has 0 aromatic carbocycles. The number of halogens is 2. The average molecular weight is 250 g/mol. The molecule has 0 aromatic rings. The van der Waals surface area contributed by atoms with E-state index in [4.69, 9.17) is 5.73 Å². The molecule has 1 rings (SSSR count). The van der Waals surface area contributed by atoms with Crippen molar-refractivity contribution in [1.29, 1.82) is 0 Å². The van der Waals surface area contributed by atoms with E-state index in [1.165, 1.54) is 0 Å². The SMILES string of the molecule is NCC1CCCC1C(=O)NCCOCC(F)F. The average Bonchev–Trinajstić information content (AvgIpc) is 2.75. The van der Waals surface area contributed by atoms with Gasteiger partial charge in [-0.15, -0.1) is 0 Å². The summed E-state index contributed by atoms with van der Waals surface area (Å²) in [6, 6.07) is 0. The van der Waals surface area contributed by atoms with E-state index >= 15 is 0 Å². The highest BCUT2D eigenvalue weighted by Crippen LogP contribution is 2.30. The number of ether oxygens (including phenoxy) is 1. The van der Waals surface area contributed by atoms with Crippen molar-refractivity contribution in [3.63, 3.8) is 0 Å². The van der Waals surface area contributed by atoms with Crippen LogP contribution >= 0.6 is 0 Å². The molecule has 100 valence electrons. The summed E-state index contributed by atoms with van der Waals surface area (Å²) < 4.78 is 28.1. The van der Waals surface area contributed by atoms with E-state index in [1.54, 1.807) is 0 Å². The van der Waals surface area contributed by atoms with E-state index in [2.05, 4.69) is 10.1 Å². The molecule has 0 aromatic heterocycles. The molecule has 6 heteroatoms. The van der Waals surface area contributed by atoms with Crippen LogP contribution in [-0.2, 0) is 9.53 Å². The van der Waals surface area contributed by atoms with Gasteiger partial charge in [0.1, 0.15) is 6.61 Å². The molecule has 17 heavy (non-hydrogen) atoms. The van der Waals surface area contributed by atoms with Crippen molar-refractivity contribution in [3.05, 3.63) is 0 Å². The Bertz CT molecular complexity index is 240. The molecule has 2 unspecified atom stereocenters. The second kappa shape index (κ2) is 7.55. The number of hydrogen-bond donors (Lipinski definition) is 2. The number of rotatable bonds is 7. The Morgan fingerprint density at radius 2 is 2.24 bits per heavy atom. The van der Waals surface area contributed by atoms with Gasteiger partial charge in [0.2, 0.25) is 5.91 Å². The summed E-state index contributed by atoms with van der Waals surface area (Å²) in [6.45, 7) is 0.347. The maximum Gasteiger partial charge on any atom is 0.261 e. The predicted octanol–water partition coefficient (Wildman–Crippen LogP) is 0.759. The first kappa shape index (κ1) is 14.3. The van der Waals surface area contributed by atoms with Crippen molar-refractivity contribution in [2.75, 3.05) is 26.3 Å². The number of nitrogens with one attached hydrogen (secondary N) is 1. The van der Waals surface area contributed by atoms with Gasteiger partial charge in [-0.25, -0.2) is 8.78 Å². The Labute approximate surface area is 99.9 Å². The van der Waals surface area contributed by atoms with Gasteiger partial charge in [0.25, 0.3) is 6.43 Å². The highest BCUT2D eigenvalue weighted by atomic mass is 19.3. The first-order valence-corrected chi connectivity index (χ1v) is 5.98. The third kappa shape index (κ3) is 4.95. The van der Waals surface area contributed by atoms with Crippen molar-refractivity contribution in [3.8, 4) is 0 Å². The lowest BCUT2D eigenvalue weighted by molar-refractivity contribution is -0.126. The van der Waals surface area contributed by atoms with Gasteiger partial charge >= 0.3 is 0 Å². The zero-order valence-corrected chi connectivity index (χ0v) is 9.83. The van der Waals surface area contributed by atoms with Crippen LogP contribution in [-0.4, -0.2) is 38.6 Å². The molecule has 1 aliphatic rings. The fraction of sp³-hybridized carbons (Fsp3) is 0.909. The van der Waals surface area contributed by atoms with Gasteiger partial charge in [0.15, 0.2) is 0 Å². The fourth-order valence-corrected chi connectivity index (χ4v) is 2.21. The summed E-state index contributed by atoms with van der Waals surface area (Å²) >= 11 is 0. The van der Waals surface area contributed by atoms with Crippen molar-refractivity contribution in [2.24, 2.45) is 17.6 Å². The normalized spacial score (nSPS) is 24.2. The molecule has 1 aliphatic carbocycles. The van der Waals surface area contributed by atoms with Crippen LogP contribution in [0, 0.1) is 11.8 Å². The fourth-order valence-electron chi connectivity index (χ4n) is 2.21. The monoisotopic (exact) mass is 250 g/mol. The molecule has 0 radical (unpaired) electrons. The molecule has 0 bridgehead atoms. The molecule has 1 fully saturated rings. The summed E-state index contributed by atoms with van der Waals surface area (Å²) in [6.07, 6.45) is 0.436. The van der Waals surface area contributed by atoms with E-state index in [0.717, 1.165) is 19.3 Å². The predicted molar refractivity (Wildman–Crippen MR) is 59.7 cm³/mol. The molecule has 1 saturated carbocycles. The molecule has 0 heterocycles. The maximum absolute atomic E-state index is 11.7. The molecule has 2 atom stereocenters. The summed E-state index contributed by atoms with van der Waals surface area (Å²) in [5, 5.41) is 2.70. The lowest BCUT2D eigenvalue weighted by atomic mass is 9.95. The Kier molecular flexibility index (Phi) is 6.36. The summed E-state index contributed by atoms with van der Waals surface area (Å²) in [4.78, 5) is 11.7. The molecular formula is C11H20F2N2O2. The summed E-state index contributed by atoms with van der Waals surface area (Å²) in [5.41, 5.74) is 5.58. The van der Waals surface area contributed by atoms with Gasteiger partial charge in [-0.1, -0.05) is 6.42 Å². The minimum absolute atomic E-state index is 0.0184. The number of carbonyl (C=O) groups is 1. The Morgan fingerprint density at radius 3 is 2.88 bits per heavy atom. The molecule has 0 aliphatic heterocycles. The molecule has 3 N–H and O–H groups in total. The van der Waals surface area contributed by atoms with E-state index in [0.29, 0.717) is 6.54 Å². The van der Waals surface area contributed by atoms with Crippen LogP contribution in [0.15, 0.2) is 0 Å². The minimum Gasteiger partial charge on any atom is -0.374 e. The first-order valence-electron chi connectivity index (χ1n) is 5.98. The van der Waals surface area contributed by atoms with Gasteiger partial charge in [-0.2, -0.15) is 0 Å². The largest absolute Gasteiger partial charge is 0.374 e. The van der Waals surface area contributed by atoms with E-state index in [1.807, 2.05) is 0 Å². The van der Waals surface area contributed by atoms with Crippen molar-refractivity contribution in [2.45, 2.75) is 25.7 Å². The van der Waals surface area contributed by atoms with E-state index < -0.39 is 13.0 Å². The highest BCUT2D eigenvalue weighted by molar-refractivity contribution is 5.79. The number of nitrogens with two attached hydrogens (primary N) is 1. The van der Waals surface area contributed by atoms with E-state index in [-0.39, 0.29) is 30.9 Å². The molecule has 4 nitrogen and oxygen atoms in total. The number of hydrogen-bond acceptors (Lipinski definition) is 3. The van der Waals surface area contributed by atoms with Crippen LogP contribution in [0.2, 0.25) is 0 Å². The second-order valence-electron chi connectivity index (χ2n) is 4.29. The van der Waals surface area contributed by atoms with Crippen LogP contribution in [0.5, 0.6) is 0 Å². The smallest absolute Gasteiger partial charge is 0.261 e. The van der Waals surface area contributed by atoms with Gasteiger partial charge in [0.05, 0.1) is 6.61 Å². The van der Waals surface area contributed by atoms with Crippen LogP contribution in [0.1, 0.15) is 19.3 Å². The minimum atomic E-state index is -2.46. The van der Waals surface area contributed by atoms with Gasteiger partial charge in [0, 0.05) is 12.5 Å². The number of alkyl halides is 2. The third-order valence-corrected chi connectivity index (χ3v) is 3.09. The van der Waals surface area contributed by atoms with Gasteiger partial charge < -0.3 is 15.8 Å². The van der Waals surface area contributed by atoms with Crippen LogP contribution in [0.3, 0.4) is 0 Å². The third-order valence-electron chi connectivity index (χ3n) is 3.09. The number of carbonyl (C=O) groups excluding carboxylic acids is 1. The molecule has 0 spiro atoms. The lowest BCUT2D eigenvalue weighted by Gasteiger charge is -2.17. The zero-order valence-electron chi connectivity index (χ0n) is 9.83. The van der Waals surface area contributed by atoms with Crippen molar-refractivity contribution < 1.29 is 18.3 Å².